The first-order chi connectivity index (χ1) is 11.6. The average Bonchev–Trinajstić information content (AvgIpc) is 2.56. The van der Waals surface area contributed by atoms with Crippen LogP contribution < -0.4 is 0 Å². The minimum absolute atomic E-state index is 0.0621. The Morgan fingerprint density at radius 3 is 2.04 bits per heavy atom. The van der Waals surface area contributed by atoms with Crippen molar-refractivity contribution >= 4 is 11.9 Å². The van der Waals surface area contributed by atoms with Crippen molar-refractivity contribution in [3.05, 3.63) is 12.2 Å². The van der Waals surface area contributed by atoms with Gasteiger partial charge in [0.05, 0.1) is 5.92 Å². The molecule has 1 atom stereocenters. The first-order valence-corrected chi connectivity index (χ1v) is 9.72. The second-order valence-electron chi connectivity index (χ2n) is 6.42. The van der Waals surface area contributed by atoms with E-state index < -0.39 is 11.9 Å². The fourth-order valence-electron chi connectivity index (χ4n) is 2.79. The number of carboxylic acids is 1. The zero-order chi connectivity index (χ0) is 18.2. The van der Waals surface area contributed by atoms with E-state index >= 15 is 0 Å². The van der Waals surface area contributed by atoms with Crippen LogP contribution in [0.4, 0.5) is 0 Å². The summed E-state index contributed by atoms with van der Waals surface area (Å²) in [6.07, 6.45) is 14.5. The van der Waals surface area contributed by atoms with Crippen LogP contribution in [-0.2, 0) is 9.59 Å². The number of aliphatic carboxylic acids is 1. The molecule has 0 heterocycles. The molecule has 140 valence electrons. The van der Waals surface area contributed by atoms with Crippen molar-refractivity contribution in [2.45, 2.75) is 85.0 Å². The van der Waals surface area contributed by atoms with Crippen LogP contribution in [0.2, 0.25) is 0 Å². The standard InChI is InChI=1S/C20H37NO3/c1-4-7-8-9-10-11-12-13-14-15-16-18(20(23)24)17-19(22)21(5-2)6-3/h14-15,18H,4-13,16-17H2,1-3H3,(H,23,24)/b15-14+. The van der Waals surface area contributed by atoms with Crippen molar-refractivity contribution < 1.29 is 14.7 Å². The maximum absolute atomic E-state index is 12.0. The SMILES string of the molecule is CCCCCCCCC/C=C/CC(CC(=O)N(CC)CC)C(=O)O. The van der Waals surface area contributed by atoms with Gasteiger partial charge in [-0.15, -0.1) is 0 Å². The van der Waals surface area contributed by atoms with Gasteiger partial charge in [0.25, 0.3) is 0 Å². The predicted molar refractivity (Wildman–Crippen MR) is 100 cm³/mol. The average molecular weight is 340 g/mol. The van der Waals surface area contributed by atoms with Gasteiger partial charge in [-0.1, -0.05) is 57.6 Å². The number of carbonyl (C=O) groups is 2. The van der Waals surface area contributed by atoms with E-state index in [0.29, 0.717) is 19.5 Å². The van der Waals surface area contributed by atoms with E-state index in [-0.39, 0.29) is 12.3 Å². The van der Waals surface area contributed by atoms with Gasteiger partial charge in [-0.05, 0) is 33.1 Å². The maximum Gasteiger partial charge on any atom is 0.307 e. The van der Waals surface area contributed by atoms with Crippen LogP contribution >= 0.6 is 0 Å². The molecule has 4 heteroatoms. The molecule has 4 nitrogen and oxygen atoms in total. The smallest absolute Gasteiger partial charge is 0.307 e. The predicted octanol–water partition coefficient (Wildman–Crippen LogP) is 5.03. The Hall–Kier alpha value is -1.32. The number of carbonyl (C=O) groups excluding carboxylic acids is 1. The largest absolute Gasteiger partial charge is 0.481 e. The lowest BCUT2D eigenvalue weighted by Gasteiger charge is -2.20. The monoisotopic (exact) mass is 339 g/mol. The Bertz CT molecular complexity index is 362. The van der Waals surface area contributed by atoms with E-state index in [2.05, 4.69) is 13.0 Å². The topological polar surface area (TPSA) is 57.6 Å². The number of rotatable bonds is 15. The second kappa shape index (κ2) is 15.2. The maximum atomic E-state index is 12.0. The molecule has 0 spiro atoms. The van der Waals surface area contributed by atoms with Crippen LogP contribution in [0.3, 0.4) is 0 Å². The third-order valence-corrected chi connectivity index (χ3v) is 4.45. The number of carboxylic acid groups (broad SMARTS) is 1. The Balaban J connectivity index is 3.96. The van der Waals surface area contributed by atoms with Crippen molar-refractivity contribution in [3.8, 4) is 0 Å². The molecule has 24 heavy (non-hydrogen) atoms. The van der Waals surface area contributed by atoms with E-state index in [1.807, 2.05) is 19.9 Å². The quantitative estimate of drug-likeness (QED) is 0.336. The van der Waals surface area contributed by atoms with Crippen molar-refractivity contribution in [2.75, 3.05) is 13.1 Å². The molecule has 0 bridgehead atoms. The van der Waals surface area contributed by atoms with E-state index in [1.165, 1.54) is 44.9 Å². The Labute approximate surface area is 148 Å². The molecule has 0 aromatic rings. The van der Waals surface area contributed by atoms with Gasteiger partial charge in [0, 0.05) is 19.5 Å². The first-order valence-electron chi connectivity index (χ1n) is 9.72. The Kier molecular flexibility index (Phi) is 14.4. The lowest BCUT2D eigenvalue weighted by molar-refractivity contribution is -0.145. The van der Waals surface area contributed by atoms with E-state index in [9.17, 15) is 14.7 Å². The van der Waals surface area contributed by atoms with E-state index in [0.717, 1.165) is 6.42 Å². The minimum Gasteiger partial charge on any atom is -0.481 e. The molecule has 0 saturated heterocycles. The van der Waals surface area contributed by atoms with Crippen LogP contribution in [0.5, 0.6) is 0 Å². The molecule has 0 aliphatic rings. The molecule has 0 aliphatic carbocycles. The molecule has 1 unspecified atom stereocenters. The zero-order valence-corrected chi connectivity index (χ0v) is 15.9. The van der Waals surface area contributed by atoms with Gasteiger partial charge in [0.2, 0.25) is 5.91 Å². The molecular weight excluding hydrogens is 302 g/mol. The number of nitrogens with zero attached hydrogens (tertiary/aromatic N) is 1. The molecule has 0 rings (SSSR count). The van der Waals surface area contributed by atoms with Gasteiger partial charge in [-0.25, -0.2) is 0 Å². The lowest BCUT2D eigenvalue weighted by atomic mass is 10.00. The van der Waals surface area contributed by atoms with Crippen LogP contribution in [0.1, 0.15) is 85.0 Å². The molecule has 0 aliphatic heterocycles. The molecular formula is C20H37NO3. The van der Waals surface area contributed by atoms with E-state index in [4.69, 9.17) is 0 Å². The molecule has 1 amide bonds. The van der Waals surface area contributed by atoms with E-state index in [1.54, 1.807) is 4.90 Å². The Morgan fingerprint density at radius 1 is 0.917 bits per heavy atom. The zero-order valence-electron chi connectivity index (χ0n) is 15.9. The second-order valence-corrected chi connectivity index (χ2v) is 6.42. The van der Waals surface area contributed by atoms with Gasteiger partial charge in [0.1, 0.15) is 0 Å². The molecule has 0 aromatic carbocycles. The molecule has 0 saturated carbocycles. The highest BCUT2D eigenvalue weighted by molar-refractivity contribution is 5.82. The van der Waals surface area contributed by atoms with Gasteiger partial charge < -0.3 is 10.0 Å². The van der Waals surface area contributed by atoms with Crippen LogP contribution in [0, 0.1) is 5.92 Å². The van der Waals surface area contributed by atoms with Gasteiger partial charge in [0.15, 0.2) is 0 Å². The summed E-state index contributed by atoms with van der Waals surface area (Å²) in [6, 6.07) is 0. The van der Waals surface area contributed by atoms with Gasteiger partial charge >= 0.3 is 5.97 Å². The fourth-order valence-corrected chi connectivity index (χ4v) is 2.79. The van der Waals surface area contributed by atoms with Crippen molar-refractivity contribution in [1.29, 1.82) is 0 Å². The summed E-state index contributed by atoms with van der Waals surface area (Å²) in [7, 11) is 0. The molecule has 0 fully saturated rings. The van der Waals surface area contributed by atoms with Crippen LogP contribution in [0.25, 0.3) is 0 Å². The summed E-state index contributed by atoms with van der Waals surface area (Å²) in [4.78, 5) is 25.1. The normalized spacial score (nSPS) is 12.5. The number of hydrogen-bond acceptors (Lipinski definition) is 2. The summed E-state index contributed by atoms with van der Waals surface area (Å²) < 4.78 is 0. The van der Waals surface area contributed by atoms with Gasteiger partial charge in [-0.3, -0.25) is 9.59 Å². The van der Waals surface area contributed by atoms with Crippen molar-refractivity contribution in [1.82, 2.24) is 4.90 Å². The van der Waals surface area contributed by atoms with Crippen molar-refractivity contribution in [2.24, 2.45) is 5.92 Å². The number of hydrogen-bond donors (Lipinski definition) is 1. The minimum atomic E-state index is -0.879. The first kappa shape index (κ1) is 22.7. The van der Waals surface area contributed by atoms with Gasteiger partial charge in [-0.2, -0.15) is 0 Å². The lowest BCUT2D eigenvalue weighted by Crippen LogP contribution is -2.33. The molecule has 0 aromatic heterocycles. The summed E-state index contributed by atoms with van der Waals surface area (Å²) in [6.45, 7) is 7.33. The molecule has 0 radical (unpaired) electrons. The summed E-state index contributed by atoms with van der Waals surface area (Å²) >= 11 is 0. The Morgan fingerprint density at radius 2 is 1.50 bits per heavy atom. The summed E-state index contributed by atoms with van der Waals surface area (Å²) in [5.74, 6) is -1.55. The highest BCUT2D eigenvalue weighted by Crippen LogP contribution is 2.14. The third kappa shape index (κ3) is 11.3. The number of allylic oxidation sites excluding steroid dienone is 2. The summed E-state index contributed by atoms with van der Waals surface area (Å²) in [5.41, 5.74) is 0. The van der Waals surface area contributed by atoms with Crippen LogP contribution in [-0.4, -0.2) is 35.0 Å². The summed E-state index contributed by atoms with van der Waals surface area (Å²) in [5, 5.41) is 9.29. The van der Waals surface area contributed by atoms with Crippen molar-refractivity contribution in [3.63, 3.8) is 0 Å². The highest BCUT2D eigenvalue weighted by Gasteiger charge is 2.22. The fraction of sp³-hybridized carbons (Fsp3) is 0.800. The number of amides is 1. The number of unbranched alkanes of at least 4 members (excludes halogenated alkanes) is 7. The highest BCUT2D eigenvalue weighted by atomic mass is 16.4. The van der Waals surface area contributed by atoms with Crippen LogP contribution in [0.15, 0.2) is 12.2 Å². The third-order valence-electron chi connectivity index (χ3n) is 4.45. The molecule has 1 N–H and O–H groups in total.